The van der Waals surface area contributed by atoms with Crippen molar-refractivity contribution < 1.29 is 4.79 Å². The Morgan fingerprint density at radius 1 is 0.812 bits per heavy atom. The van der Waals surface area contributed by atoms with Gasteiger partial charge in [0, 0.05) is 19.6 Å². The van der Waals surface area contributed by atoms with Crippen molar-refractivity contribution in [2.24, 2.45) is 5.92 Å². The number of rotatable bonds is 8. The summed E-state index contributed by atoms with van der Waals surface area (Å²) >= 11 is 0. The Bertz CT molecular complexity index is 1030. The number of anilines is 2. The molecule has 1 aliphatic heterocycles. The van der Waals surface area contributed by atoms with Gasteiger partial charge < -0.3 is 15.1 Å². The summed E-state index contributed by atoms with van der Waals surface area (Å²) in [6, 6.07) is 29.2. The lowest BCUT2D eigenvalue weighted by molar-refractivity contribution is -0.120. The minimum atomic E-state index is -0.0440. The molecule has 1 atom stereocenters. The zero-order chi connectivity index (χ0) is 21.8. The van der Waals surface area contributed by atoms with Gasteiger partial charge in [0.2, 0.25) is 5.91 Å². The molecule has 1 N–H and O–H groups in total. The van der Waals surface area contributed by atoms with Gasteiger partial charge in [0.15, 0.2) is 0 Å². The van der Waals surface area contributed by atoms with Gasteiger partial charge >= 0.3 is 0 Å². The molecule has 4 nitrogen and oxygen atoms in total. The topological polar surface area (TPSA) is 35.6 Å². The number of fused-ring (bicyclic) bond motifs is 1. The maximum absolute atomic E-state index is 13.2. The van der Waals surface area contributed by atoms with Crippen molar-refractivity contribution in [3.05, 3.63) is 96.1 Å². The van der Waals surface area contributed by atoms with Gasteiger partial charge in [0.25, 0.3) is 0 Å². The smallest absolute Gasteiger partial charge is 0.240 e. The molecular weight excluding hydrogens is 394 g/mol. The molecule has 1 aliphatic carbocycles. The first-order chi connectivity index (χ1) is 15.8. The molecule has 1 heterocycles. The third kappa shape index (κ3) is 4.96. The lowest BCUT2D eigenvalue weighted by Crippen LogP contribution is -2.46. The average molecular weight is 426 g/mol. The molecular formula is C28H31N3O. The van der Waals surface area contributed by atoms with E-state index in [0.29, 0.717) is 6.54 Å². The zero-order valence-electron chi connectivity index (χ0n) is 18.5. The van der Waals surface area contributed by atoms with Gasteiger partial charge in [-0.3, -0.25) is 4.79 Å². The van der Waals surface area contributed by atoms with E-state index in [1.165, 1.54) is 29.8 Å². The Hall–Kier alpha value is -3.27. The van der Waals surface area contributed by atoms with E-state index in [0.717, 1.165) is 37.5 Å². The Morgan fingerprint density at radius 3 is 2.09 bits per heavy atom. The van der Waals surface area contributed by atoms with Crippen LogP contribution in [0.2, 0.25) is 0 Å². The van der Waals surface area contributed by atoms with Crippen LogP contribution < -0.4 is 15.1 Å². The van der Waals surface area contributed by atoms with Crippen molar-refractivity contribution in [2.45, 2.75) is 25.3 Å². The van der Waals surface area contributed by atoms with Crippen molar-refractivity contribution in [3.63, 3.8) is 0 Å². The molecule has 1 amide bonds. The molecule has 3 aromatic rings. The van der Waals surface area contributed by atoms with Crippen LogP contribution in [-0.4, -0.2) is 32.1 Å². The summed E-state index contributed by atoms with van der Waals surface area (Å²) in [4.78, 5) is 17.9. The van der Waals surface area contributed by atoms with Gasteiger partial charge in [-0.05, 0) is 48.4 Å². The minimum Gasteiger partial charge on any atom is -0.368 e. The lowest BCUT2D eigenvalue weighted by atomic mass is 9.99. The molecule has 164 valence electrons. The third-order valence-corrected chi connectivity index (χ3v) is 6.53. The molecule has 0 radical (unpaired) electrons. The first-order valence-electron chi connectivity index (χ1n) is 11.7. The zero-order valence-corrected chi connectivity index (χ0v) is 18.5. The molecule has 0 bridgehead atoms. The fourth-order valence-corrected chi connectivity index (χ4v) is 4.65. The van der Waals surface area contributed by atoms with Gasteiger partial charge in [-0.1, -0.05) is 72.8 Å². The van der Waals surface area contributed by atoms with Crippen molar-refractivity contribution in [3.8, 4) is 0 Å². The number of carbonyl (C=O) groups is 1. The van der Waals surface area contributed by atoms with Gasteiger partial charge in [0.1, 0.15) is 0 Å². The number of hydrogen-bond acceptors (Lipinski definition) is 3. The number of amides is 1. The van der Waals surface area contributed by atoms with Crippen molar-refractivity contribution in [1.29, 1.82) is 0 Å². The summed E-state index contributed by atoms with van der Waals surface area (Å²) in [5.74, 6) is 0.919. The van der Waals surface area contributed by atoms with Crippen LogP contribution in [0.4, 0.5) is 11.4 Å². The van der Waals surface area contributed by atoms with Crippen molar-refractivity contribution in [1.82, 2.24) is 5.32 Å². The first kappa shape index (κ1) is 20.6. The van der Waals surface area contributed by atoms with E-state index in [1.54, 1.807) is 0 Å². The predicted molar refractivity (Wildman–Crippen MR) is 131 cm³/mol. The Balaban J connectivity index is 1.29. The molecule has 5 rings (SSSR count). The van der Waals surface area contributed by atoms with E-state index >= 15 is 0 Å². The number of nitrogens with zero attached hydrogens (tertiary/aromatic N) is 2. The quantitative estimate of drug-likeness (QED) is 0.562. The summed E-state index contributed by atoms with van der Waals surface area (Å²) in [6.45, 7) is 3.38. The largest absolute Gasteiger partial charge is 0.368 e. The van der Waals surface area contributed by atoms with Gasteiger partial charge in [-0.25, -0.2) is 0 Å². The highest BCUT2D eigenvalue weighted by Crippen LogP contribution is 2.37. The fraction of sp³-hybridized carbons (Fsp3) is 0.321. The van der Waals surface area contributed by atoms with Crippen LogP contribution in [0.15, 0.2) is 84.9 Å². The average Bonchev–Trinajstić information content (AvgIpc) is 3.66. The minimum absolute atomic E-state index is 0.0440. The Labute approximate surface area is 190 Å². The van der Waals surface area contributed by atoms with Gasteiger partial charge in [0.05, 0.1) is 24.0 Å². The number of hydrogen-bond donors (Lipinski definition) is 1. The van der Waals surface area contributed by atoms with Gasteiger partial charge in [-0.2, -0.15) is 0 Å². The second-order valence-corrected chi connectivity index (χ2v) is 9.02. The summed E-state index contributed by atoms with van der Waals surface area (Å²) in [6.07, 6.45) is 3.49. The highest BCUT2D eigenvalue weighted by atomic mass is 16.2. The molecule has 4 heteroatoms. The van der Waals surface area contributed by atoms with Crippen LogP contribution >= 0.6 is 0 Å². The van der Waals surface area contributed by atoms with Crippen LogP contribution in [0.3, 0.4) is 0 Å². The molecule has 0 spiro atoms. The monoisotopic (exact) mass is 425 g/mol. The van der Waals surface area contributed by atoms with E-state index in [9.17, 15) is 4.79 Å². The third-order valence-electron chi connectivity index (χ3n) is 6.53. The lowest BCUT2D eigenvalue weighted by Gasteiger charge is -2.39. The predicted octanol–water partition coefficient (Wildman–Crippen LogP) is 4.82. The van der Waals surface area contributed by atoms with Crippen molar-refractivity contribution in [2.75, 3.05) is 36.0 Å². The summed E-state index contributed by atoms with van der Waals surface area (Å²) < 4.78 is 0. The van der Waals surface area contributed by atoms with E-state index in [1.807, 2.05) is 24.3 Å². The van der Waals surface area contributed by atoms with E-state index in [2.05, 4.69) is 75.8 Å². The maximum Gasteiger partial charge on any atom is 0.240 e. The van der Waals surface area contributed by atoms with E-state index < -0.39 is 0 Å². The van der Waals surface area contributed by atoms with Crippen LogP contribution in [0.25, 0.3) is 0 Å². The Morgan fingerprint density at radius 2 is 1.41 bits per heavy atom. The fourth-order valence-electron chi connectivity index (χ4n) is 4.65. The van der Waals surface area contributed by atoms with E-state index in [-0.39, 0.29) is 11.9 Å². The van der Waals surface area contributed by atoms with Crippen LogP contribution in [0, 0.1) is 5.92 Å². The molecule has 0 aromatic heterocycles. The molecule has 3 aromatic carbocycles. The number of para-hydroxylation sites is 2. The normalized spacial score (nSPS) is 16.4. The molecule has 32 heavy (non-hydrogen) atoms. The second kappa shape index (κ2) is 9.47. The second-order valence-electron chi connectivity index (χ2n) is 9.02. The molecule has 1 fully saturated rings. The van der Waals surface area contributed by atoms with Crippen molar-refractivity contribution >= 4 is 17.3 Å². The molecule has 1 unspecified atom stereocenters. The maximum atomic E-state index is 13.2. The number of nitrogens with one attached hydrogen (secondary N) is 1. The van der Waals surface area contributed by atoms with Crippen LogP contribution in [0.5, 0.6) is 0 Å². The molecule has 2 aliphatic rings. The number of carbonyl (C=O) groups excluding carboxylic acids is 1. The highest BCUT2D eigenvalue weighted by Gasteiger charge is 2.29. The first-order valence-corrected chi connectivity index (χ1v) is 11.7. The Kier molecular flexibility index (Phi) is 6.11. The summed E-state index contributed by atoms with van der Waals surface area (Å²) in [7, 11) is 0. The molecule has 1 saturated carbocycles. The number of benzene rings is 3. The van der Waals surface area contributed by atoms with Gasteiger partial charge in [-0.15, -0.1) is 0 Å². The van der Waals surface area contributed by atoms with E-state index in [4.69, 9.17) is 0 Å². The van der Waals surface area contributed by atoms with Crippen LogP contribution in [-0.2, 0) is 11.2 Å². The molecule has 0 saturated heterocycles. The standard InChI is InChI=1S/C28H31N3O/c32-28(29-25(24-11-5-2-6-12-24)19-22-9-3-1-4-10-22)21-31-18-17-30(20-23-15-16-23)26-13-7-8-14-27(26)31/h1-14,23,25H,15-21H2,(H,29,32). The summed E-state index contributed by atoms with van der Waals surface area (Å²) in [5.41, 5.74) is 4.80. The SMILES string of the molecule is O=C(CN1CCN(CC2CC2)c2ccccc21)NC(Cc1ccccc1)c1ccccc1. The van der Waals surface area contributed by atoms with Crippen LogP contribution in [0.1, 0.15) is 30.0 Å². The highest BCUT2D eigenvalue weighted by molar-refractivity contribution is 5.84. The summed E-state index contributed by atoms with van der Waals surface area (Å²) in [5, 5.41) is 3.32.